The van der Waals surface area contributed by atoms with Gasteiger partial charge in [-0.05, 0) is 24.6 Å². The van der Waals surface area contributed by atoms with Gasteiger partial charge in [0.2, 0.25) is 0 Å². The van der Waals surface area contributed by atoms with Gasteiger partial charge in [-0.25, -0.2) is 9.97 Å². The van der Waals surface area contributed by atoms with Crippen LogP contribution in [-0.4, -0.2) is 31.4 Å². The second-order valence-corrected chi connectivity index (χ2v) is 6.85. The molecular formula is C17H17Cl2N5. The first-order valence-electron chi connectivity index (χ1n) is 7.83. The number of benzene rings is 1. The lowest BCUT2D eigenvalue weighted by Gasteiger charge is -2.35. The molecule has 0 saturated carbocycles. The zero-order valence-electron chi connectivity index (χ0n) is 13.2. The van der Waals surface area contributed by atoms with Gasteiger partial charge in [-0.1, -0.05) is 29.3 Å². The minimum absolute atomic E-state index is 0.0332. The van der Waals surface area contributed by atoms with Gasteiger partial charge in [-0.15, -0.1) is 0 Å². The number of imidazole rings is 2. The maximum absolute atomic E-state index is 6.25. The molecule has 0 unspecified atom stereocenters. The van der Waals surface area contributed by atoms with Crippen LogP contribution >= 0.6 is 23.2 Å². The Morgan fingerprint density at radius 3 is 2.75 bits per heavy atom. The quantitative estimate of drug-likeness (QED) is 0.743. The predicted molar refractivity (Wildman–Crippen MR) is 94.3 cm³/mol. The first-order chi connectivity index (χ1) is 11.6. The largest absolute Gasteiger partial charge is 0.348 e. The van der Waals surface area contributed by atoms with Crippen LogP contribution in [0.1, 0.15) is 34.4 Å². The molecule has 1 aliphatic rings. The highest BCUT2D eigenvalue weighted by atomic mass is 35.5. The number of nitrogens with zero attached hydrogens (tertiary/aromatic N) is 3. The summed E-state index contributed by atoms with van der Waals surface area (Å²) in [7, 11) is 0. The molecule has 1 atom stereocenters. The number of aromatic amines is 2. The molecule has 0 spiro atoms. The minimum Gasteiger partial charge on any atom is -0.348 e. The zero-order chi connectivity index (χ0) is 16.7. The molecule has 0 amide bonds. The molecule has 1 aliphatic heterocycles. The van der Waals surface area contributed by atoms with Crippen LogP contribution in [0.5, 0.6) is 0 Å². The molecule has 0 radical (unpaired) electrons. The molecule has 7 heteroatoms. The van der Waals surface area contributed by atoms with Crippen LogP contribution in [0.15, 0.2) is 30.9 Å². The monoisotopic (exact) mass is 361 g/mol. The maximum atomic E-state index is 6.25. The molecule has 0 aliphatic carbocycles. The molecule has 4 rings (SSSR count). The van der Waals surface area contributed by atoms with Crippen LogP contribution in [0.25, 0.3) is 0 Å². The number of hydrogen-bond acceptors (Lipinski definition) is 3. The van der Waals surface area contributed by atoms with Gasteiger partial charge in [-0.3, -0.25) is 4.90 Å². The van der Waals surface area contributed by atoms with Crippen molar-refractivity contribution in [3.05, 3.63) is 69.2 Å². The summed E-state index contributed by atoms with van der Waals surface area (Å²) in [6.45, 7) is 3.72. The summed E-state index contributed by atoms with van der Waals surface area (Å²) in [4.78, 5) is 17.8. The van der Waals surface area contributed by atoms with Crippen molar-refractivity contribution in [2.75, 3.05) is 6.54 Å². The van der Waals surface area contributed by atoms with Crippen molar-refractivity contribution >= 4 is 23.2 Å². The van der Waals surface area contributed by atoms with Crippen molar-refractivity contribution in [3.8, 4) is 0 Å². The van der Waals surface area contributed by atoms with Crippen LogP contribution in [0, 0.1) is 6.92 Å². The van der Waals surface area contributed by atoms with Gasteiger partial charge < -0.3 is 9.97 Å². The van der Waals surface area contributed by atoms with Crippen LogP contribution in [-0.2, 0) is 13.0 Å². The lowest BCUT2D eigenvalue weighted by Crippen LogP contribution is -2.36. The lowest BCUT2D eigenvalue weighted by atomic mass is 9.95. The third-order valence-corrected chi connectivity index (χ3v) is 5.31. The summed E-state index contributed by atoms with van der Waals surface area (Å²) in [6, 6.07) is 5.83. The van der Waals surface area contributed by atoms with Gasteiger partial charge >= 0.3 is 0 Å². The Morgan fingerprint density at radius 2 is 2.00 bits per heavy atom. The van der Waals surface area contributed by atoms with E-state index in [9.17, 15) is 0 Å². The summed E-state index contributed by atoms with van der Waals surface area (Å²) >= 11 is 12.3. The number of H-pyrrole nitrogens is 2. The number of aromatic nitrogens is 4. The van der Waals surface area contributed by atoms with E-state index < -0.39 is 0 Å². The fourth-order valence-corrected chi connectivity index (χ4v) is 3.59. The molecule has 24 heavy (non-hydrogen) atoms. The van der Waals surface area contributed by atoms with E-state index in [1.165, 1.54) is 5.69 Å². The normalized spacial score (nSPS) is 17.9. The highest BCUT2D eigenvalue weighted by molar-refractivity contribution is 6.42. The second kappa shape index (κ2) is 6.24. The molecule has 3 heterocycles. The van der Waals surface area contributed by atoms with Gasteiger partial charge in [0.1, 0.15) is 0 Å². The Balaban J connectivity index is 1.75. The molecule has 1 aromatic carbocycles. The van der Waals surface area contributed by atoms with E-state index in [1.807, 2.05) is 25.1 Å². The Morgan fingerprint density at radius 1 is 1.17 bits per heavy atom. The predicted octanol–water partition coefficient (Wildman–Crippen LogP) is 3.90. The number of hydrogen-bond donors (Lipinski definition) is 2. The van der Waals surface area contributed by atoms with Crippen LogP contribution < -0.4 is 0 Å². The van der Waals surface area contributed by atoms with Crippen LogP contribution in [0.2, 0.25) is 10.0 Å². The summed E-state index contributed by atoms with van der Waals surface area (Å²) in [5.74, 6) is 0. The maximum Gasteiger partial charge on any atom is 0.0926 e. The summed E-state index contributed by atoms with van der Waals surface area (Å²) in [5.41, 5.74) is 5.47. The second-order valence-electron chi connectivity index (χ2n) is 6.04. The van der Waals surface area contributed by atoms with Crippen molar-refractivity contribution in [2.24, 2.45) is 0 Å². The minimum atomic E-state index is 0.0332. The summed E-state index contributed by atoms with van der Waals surface area (Å²) in [6.07, 6.45) is 4.44. The molecule has 2 N–H and O–H groups in total. The molecular weight excluding hydrogens is 345 g/mol. The SMILES string of the molecule is Cc1[nH]cnc1CN1CCc2[nH]cnc2[C@@H]1c1ccc(Cl)c(Cl)c1. The van der Waals surface area contributed by atoms with E-state index in [-0.39, 0.29) is 6.04 Å². The van der Waals surface area contributed by atoms with Crippen LogP contribution in [0.3, 0.4) is 0 Å². The number of halogens is 2. The van der Waals surface area contributed by atoms with E-state index in [1.54, 1.807) is 12.7 Å². The van der Waals surface area contributed by atoms with Crippen molar-refractivity contribution < 1.29 is 0 Å². The van der Waals surface area contributed by atoms with E-state index in [0.717, 1.165) is 42.2 Å². The van der Waals surface area contributed by atoms with Gasteiger partial charge in [0.15, 0.2) is 0 Å². The van der Waals surface area contributed by atoms with Gasteiger partial charge in [0.05, 0.1) is 40.1 Å². The van der Waals surface area contributed by atoms with E-state index in [4.69, 9.17) is 23.2 Å². The fraction of sp³-hybridized carbons (Fsp3) is 0.294. The van der Waals surface area contributed by atoms with E-state index >= 15 is 0 Å². The molecule has 2 aromatic heterocycles. The number of nitrogens with one attached hydrogen (secondary N) is 2. The van der Waals surface area contributed by atoms with Crippen LogP contribution in [0.4, 0.5) is 0 Å². The summed E-state index contributed by atoms with van der Waals surface area (Å²) in [5, 5.41) is 1.13. The van der Waals surface area contributed by atoms with E-state index in [2.05, 4.69) is 24.8 Å². The average Bonchev–Trinajstić information content (AvgIpc) is 3.19. The Labute approximate surface area is 150 Å². The Bertz CT molecular complexity index is 870. The zero-order valence-corrected chi connectivity index (χ0v) is 14.7. The van der Waals surface area contributed by atoms with Gasteiger partial charge in [0, 0.05) is 30.9 Å². The topological polar surface area (TPSA) is 60.6 Å². The Hall–Kier alpha value is -1.82. The molecule has 0 saturated heterocycles. The highest BCUT2D eigenvalue weighted by Crippen LogP contribution is 2.36. The standard InChI is InChI=1S/C17H17Cl2N5/c1-10-15(22-8-20-10)7-24-5-4-14-16(23-9-21-14)17(24)11-2-3-12(18)13(19)6-11/h2-3,6,8-9,17H,4-5,7H2,1H3,(H,20,22)(H,21,23)/t17-/m0/s1. The van der Waals surface area contributed by atoms with Crippen molar-refractivity contribution in [1.29, 1.82) is 0 Å². The van der Waals surface area contributed by atoms with E-state index in [0.29, 0.717) is 10.0 Å². The van der Waals surface area contributed by atoms with Gasteiger partial charge in [0.25, 0.3) is 0 Å². The smallest absolute Gasteiger partial charge is 0.0926 e. The number of rotatable bonds is 3. The first-order valence-corrected chi connectivity index (χ1v) is 8.59. The molecule has 124 valence electrons. The highest BCUT2D eigenvalue weighted by Gasteiger charge is 2.31. The average molecular weight is 362 g/mol. The number of aryl methyl sites for hydroxylation is 1. The molecule has 0 bridgehead atoms. The van der Waals surface area contributed by atoms with Crippen molar-refractivity contribution in [2.45, 2.75) is 25.9 Å². The first kappa shape index (κ1) is 15.7. The van der Waals surface area contributed by atoms with Crippen molar-refractivity contribution in [3.63, 3.8) is 0 Å². The fourth-order valence-electron chi connectivity index (χ4n) is 3.29. The Kier molecular flexibility index (Phi) is 4.08. The van der Waals surface area contributed by atoms with Crippen molar-refractivity contribution in [1.82, 2.24) is 24.8 Å². The molecule has 0 fully saturated rings. The molecule has 3 aromatic rings. The summed E-state index contributed by atoms with van der Waals surface area (Å²) < 4.78 is 0. The third kappa shape index (κ3) is 2.73. The third-order valence-electron chi connectivity index (χ3n) is 4.57. The van der Waals surface area contributed by atoms with Gasteiger partial charge in [-0.2, -0.15) is 0 Å². The number of fused-ring (bicyclic) bond motifs is 1. The lowest BCUT2D eigenvalue weighted by molar-refractivity contribution is 0.198. The molecule has 5 nitrogen and oxygen atoms in total.